The molecule has 0 aliphatic heterocycles. The second kappa shape index (κ2) is 9.08. The average Bonchev–Trinajstić information content (AvgIpc) is 2.41. The number of carboxylic acids is 1. The third-order valence-electron chi connectivity index (χ3n) is 6.28. The van der Waals surface area contributed by atoms with Crippen LogP contribution in [-0.2, 0) is 4.79 Å². The van der Waals surface area contributed by atoms with Gasteiger partial charge in [0.25, 0.3) is 0 Å². The van der Waals surface area contributed by atoms with Crippen LogP contribution in [0.3, 0.4) is 0 Å². The van der Waals surface area contributed by atoms with Crippen LogP contribution in [0.25, 0.3) is 0 Å². The Kier molecular flexibility index (Phi) is 8.88. The lowest BCUT2D eigenvalue weighted by atomic mass is 9.55. The summed E-state index contributed by atoms with van der Waals surface area (Å²) >= 11 is 0. The van der Waals surface area contributed by atoms with E-state index in [1.807, 2.05) is 13.8 Å². The molecule has 0 aromatic heterocycles. The topological polar surface area (TPSA) is 49.3 Å². The fraction of sp³-hybridized carbons (Fsp3) is 0.957. The molecule has 0 bridgehead atoms. The highest BCUT2D eigenvalue weighted by atomic mass is 16.4. The fourth-order valence-corrected chi connectivity index (χ4v) is 5.33. The summed E-state index contributed by atoms with van der Waals surface area (Å²) in [5, 5.41) is 13.5. The quantitative estimate of drug-likeness (QED) is 0.412. The smallest absolute Gasteiger partial charge is 0.309 e. The molecule has 2 N–H and O–H groups in total. The summed E-state index contributed by atoms with van der Waals surface area (Å²) in [6.07, 6.45) is 5.11. The van der Waals surface area contributed by atoms with E-state index in [0.717, 1.165) is 32.1 Å². The van der Waals surface area contributed by atoms with E-state index >= 15 is 0 Å². The standard InChI is InChI=1S/C23H47NO2/c1-12-14-23(11,13-2)18(15-20(5,6)19(25)26)21(7,8)16-22(9,10)24-17(3)4/h17-18,24H,12-16H2,1-11H3,(H,25,26). The zero-order valence-corrected chi connectivity index (χ0v) is 19.5. The molecule has 0 saturated carbocycles. The molecule has 0 heterocycles. The van der Waals surface area contributed by atoms with Gasteiger partial charge < -0.3 is 10.4 Å². The lowest BCUT2D eigenvalue weighted by Crippen LogP contribution is -2.50. The fourth-order valence-electron chi connectivity index (χ4n) is 5.33. The zero-order chi connectivity index (χ0) is 21.0. The van der Waals surface area contributed by atoms with Gasteiger partial charge in [0.1, 0.15) is 0 Å². The van der Waals surface area contributed by atoms with Gasteiger partial charge in [-0.15, -0.1) is 0 Å². The van der Waals surface area contributed by atoms with Gasteiger partial charge in [-0.1, -0.05) is 61.3 Å². The van der Waals surface area contributed by atoms with Crippen LogP contribution in [0.2, 0.25) is 0 Å². The lowest BCUT2D eigenvalue weighted by molar-refractivity contribution is -0.150. The SMILES string of the molecule is CCCC(C)(CC)C(CC(C)(C)C(=O)O)C(C)(C)CC(C)(C)NC(C)C. The third-order valence-corrected chi connectivity index (χ3v) is 6.28. The summed E-state index contributed by atoms with van der Waals surface area (Å²) in [5.74, 6) is -0.341. The van der Waals surface area contributed by atoms with Crippen molar-refractivity contribution in [3.8, 4) is 0 Å². The van der Waals surface area contributed by atoms with Gasteiger partial charge in [0, 0.05) is 11.6 Å². The maximum atomic E-state index is 11.9. The highest BCUT2D eigenvalue weighted by Gasteiger charge is 2.47. The maximum Gasteiger partial charge on any atom is 0.309 e. The van der Waals surface area contributed by atoms with Crippen molar-refractivity contribution < 1.29 is 9.90 Å². The van der Waals surface area contributed by atoms with Crippen LogP contribution in [0.4, 0.5) is 0 Å². The first kappa shape index (κ1) is 25.4. The molecule has 3 heteroatoms. The Labute approximate surface area is 163 Å². The molecule has 2 atom stereocenters. The Morgan fingerprint density at radius 2 is 1.50 bits per heavy atom. The molecule has 0 aliphatic rings. The molecule has 0 radical (unpaired) electrons. The Morgan fingerprint density at radius 3 is 1.85 bits per heavy atom. The summed E-state index contributed by atoms with van der Waals surface area (Å²) < 4.78 is 0. The zero-order valence-electron chi connectivity index (χ0n) is 19.5. The molecule has 156 valence electrons. The van der Waals surface area contributed by atoms with E-state index in [-0.39, 0.29) is 16.4 Å². The first-order valence-electron chi connectivity index (χ1n) is 10.5. The van der Waals surface area contributed by atoms with Gasteiger partial charge in [-0.05, 0) is 63.7 Å². The van der Waals surface area contributed by atoms with Crippen molar-refractivity contribution in [2.45, 2.75) is 120 Å². The summed E-state index contributed by atoms with van der Waals surface area (Å²) in [7, 11) is 0. The summed E-state index contributed by atoms with van der Waals surface area (Å²) in [6, 6.07) is 0.433. The predicted molar refractivity (Wildman–Crippen MR) is 114 cm³/mol. The van der Waals surface area contributed by atoms with E-state index < -0.39 is 11.4 Å². The van der Waals surface area contributed by atoms with E-state index in [9.17, 15) is 9.90 Å². The third kappa shape index (κ3) is 7.21. The number of hydrogen-bond donors (Lipinski definition) is 2. The first-order valence-corrected chi connectivity index (χ1v) is 10.5. The second-order valence-corrected chi connectivity index (χ2v) is 11.1. The van der Waals surface area contributed by atoms with E-state index in [1.54, 1.807) is 0 Å². The molecule has 3 nitrogen and oxygen atoms in total. The number of carboxylic acid groups (broad SMARTS) is 1. The number of aliphatic carboxylic acids is 1. The van der Waals surface area contributed by atoms with Gasteiger partial charge in [-0.25, -0.2) is 0 Å². The van der Waals surface area contributed by atoms with Crippen LogP contribution in [0, 0.1) is 22.2 Å². The van der Waals surface area contributed by atoms with Crippen molar-refractivity contribution in [1.29, 1.82) is 0 Å². The van der Waals surface area contributed by atoms with Crippen LogP contribution in [-0.4, -0.2) is 22.7 Å². The molecule has 0 aromatic carbocycles. The molecule has 26 heavy (non-hydrogen) atoms. The molecular formula is C23H47NO2. The van der Waals surface area contributed by atoms with Crippen molar-refractivity contribution in [3.05, 3.63) is 0 Å². The molecule has 0 spiro atoms. The van der Waals surface area contributed by atoms with Gasteiger partial charge >= 0.3 is 5.97 Å². The largest absolute Gasteiger partial charge is 0.481 e. The van der Waals surface area contributed by atoms with Crippen molar-refractivity contribution >= 4 is 5.97 Å². The Balaban J connectivity index is 5.92. The lowest BCUT2D eigenvalue weighted by Gasteiger charge is -2.51. The number of hydrogen-bond acceptors (Lipinski definition) is 2. The molecule has 0 rings (SSSR count). The van der Waals surface area contributed by atoms with Crippen molar-refractivity contribution in [2.24, 2.45) is 22.2 Å². The molecular weight excluding hydrogens is 322 g/mol. The van der Waals surface area contributed by atoms with Gasteiger partial charge in [-0.2, -0.15) is 0 Å². The van der Waals surface area contributed by atoms with Crippen LogP contribution >= 0.6 is 0 Å². The van der Waals surface area contributed by atoms with Crippen LogP contribution in [0.5, 0.6) is 0 Å². The summed E-state index contributed by atoms with van der Waals surface area (Å²) in [6.45, 7) is 24.3. The van der Waals surface area contributed by atoms with Crippen LogP contribution in [0.1, 0.15) is 108 Å². The Morgan fingerprint density at radius 1 is 1.00 bits per heavy atom. The molecule has 2 unspecified atom stereocenters. The number of rotatable bonds is 12. The minimum Gasteiger partial charge on any atom is -0.481 e. The monoisotopic (exact) mass is 369 g/mol. The van der Waals surface area contributed by atoms with Crippen molar-refractivity contribution in [1.82, 2.24) is 5.32 Å². The average molecular weight is 370 g/mol. The van der Waals surface area contributed by atoms with Gasteiger partial charge in [0.2, 0.25) is 0 Å². The second-order valence-electron chi connectivity index (χ2n) is 11.1. The molecule has 0 aromatic rings. The number of carbonyl (C=O) groups is 1. The number of nitrogens with one attached hydrogen (secondary N) is 1. The van der Waals surface area contributed by atoms with E-state index in [1.165, 1.54) is 0 Å². The normalized spacial score (nSPS) is 17.2. The summed E-state index contributed by atoms with van der Waals surface area (Å²) in [4.78, 5) is 11.9. The molecule has 0 saturated heterocycles. The highest BCUT2D eigenvalue weighted by Crippen LogP contribution is 2.53. The predicted octanol–water partition coefficient (Wildman–Crippen LogP) is 6.51. The van der Waals surface area contributed by atoms with E-state index in [0.29, 0.717) is 12.0 Å². The Bertz CT molecular complexity index is 451. The van der Waals surface area contributed by atoms with E-state index in [2.05, 4.69) is 67.6 Å². The minimum atomic E-state index is -0.707. The van der Waals surface area contributed by atoms with Gasteiger partial charge in [-0.3, -0.25) is 4.79 Å². The minimum absolute atomic E-state index is 0.0180. The molecule has 0 aliphatic carbocycles. The van der Waals surface area contributed by atoms with Crippen LogP contribution in [0.15, 0.2) is 0 Å². The van der Waals surface area contributed by atoms with E-state index in [4.69, 9.17) is 0 Å². The highest BCUT2D eigenvalue weighted by molar-refractivity contribution is 5.73. The van der Waals surface area contributed by atoms with Crippen molar-refractivity contribution in [2.75, 3.05) is 0 Å². The Hall–Kier alpha value is -0.570. The van der Waals surface area contributed by atoms with Gasteiger partial charge in [0.15, 0.2) is 0 Å². The summed E-state index contributed by atoms with van der Waals surface area (Å²) in [5.41, 5.74) is -0.497. The molecule has 0 amide bonds. The van der Waals surface area contributed by atoms with Crippen molar-refractivity contribution in [3.63, 3.8) is 0 Å². The van der Waals surface area contributed by atoms with Crippen LogP contribution < -0.4 is 5.32 Å². The maximum absolute atomic E-state index is 11.9. The van der Waals surface area contributed by atoms with Gasteiger partial charge in [0.05, 0.1) is 5.41 Å². The molecule has 0 fully saturated rings. The first-order chi connectivity index (χ1) is 11.5.